The van der Waals surface area contributed by atoms with Crippen molar-refractivity contribution in [1.29, 1.82) is 0 Å². The van der Waals surface area contributed by atoms with Crippen molar-refractivity contribution in [2.45, 2.75) is 6.18 Å². The van der Waals surface area contributed by atoms with Crippen molar-refractivity contribution in [2.24, 2.45) is 0 Å². The number of benzene rings is 1. The molecule has 1 aromatic rings. The van der Waals surface area contributed by atoms with Gasteiger partial charge in [-0.05, 0) is 18.2 Å². The standard InChI is InChI=1S/C11H10F3NO2/c1-2-3-17-10(16)7-4-8(11(12,13)14)6-9(15)5-7/h2,4-6H,1,3,15H2. The molecule has 0 aromatic heterocycles. The zero-order valence-corrected chi connectivity index (χ0v) is 8.75. The van der Waals surface area contributed by atoms with E-state index in [2.05, 4.69) is 11.3 Å². The van der Waals surface area contributed by atoms with Gasteiger partial charge < -0.3 is 10.5 Å². The number of nitrogen functional groups attached to an aromatic ring is 1. The van der Waals surface area contributed by atoms with Gasteiger partial charge in [-0.2, -0.15) is 13.2 Å². The second-order valence-electron chi connectivity index (χ2n) is 3.23. The summed E-state index contributed by atoms with van der Waals surface area (Å²) in [7, 11) is 0. The maximum atomic E-state index is 12.4. The summed E-state index contributed by atoms with van der Waals surface area (Å²) in [6.07, 6.45) is -3.24. The number of esters is 1. The monoisotopic (exact) mass is 245 g/mol. The second-order valence-corrected chi connectivity index (χ2v) is 3.23. The molecular weight excluding hydrogens is 235 g/mol. The second kappa shape index (κ2) is 4.90. The lowest BCUT2D eigenvalue weighted by molar-refractivity contribution is -0.137. The summed E-state index contributed by atoms with van der Waals surface area (Å²) in [5.74, 6) is -0.873. The zero-order chi connectivity index (χ0) is 13.1. The molecule has 0 aliphatic carbocycles. The number of ether oxygens (including phenoxy) is 1. The van der Waals surface area contributed by atoms with E-state index in [9.17, 15) is 18.0 Å². The molecule has 0 radical (unpaired) electrons. The van der Waals surface area contributed by atoms with Gasteiger partial charge in [-0.15, -0.1) is 0 Å². The smallest absolute Gasteiger partial charge is 0.416 e. The Morgan fingerprint density at radius 3 is 2.59 bits per heavy atom. The zero-order valence-electron chi connectivity index (χ0n) is 8.75. The molecule has 2 N–H and O–H groups in total. The van der Waals surface area contributed by atoms with Crippen molar-refractivity contribution in [3.05, 3.63) is 42.0 Å². The van der Waals surface area contributed by atoms with Crippen LogP contribution in [0.15, 0.2) is 30.9 Å². The SMILES string of the molecule is C=CCOC(=O)c1cc(N)cc(C(F)(F)F)c1. The Bertz CT molecular complexity index is 441. The van der Waals surface area contributed by atoms with Crippen LogP contribution in [0.2, 0.25) is 0 Å². The molecule has 0 unspecified atom stereocenters. The van der Waals surface area contributed by atoms with Crippen LogP contribution in [0.4, 0.5) is 18.9 Å². The summed E-state index contributed by atoms with van der Waals surface area (Å²) < 4.78 is 41.9. The third-order valence-electron chi connectivity index (χ3n) is 1.85. The molecule has 92 valence electrons. The maximum Gasteiger partial charge on any atom is 0.416 e. The normalized spacial score (nSPS) is 11.0. The Kier molecular flexibility index (Phi) is 3.77. The summed E-state index contributed by atoms with van der Waals surface area (Å²) in [6, 6.07) is 2.58. The number of rotatable bonds is 3. The van der Waals surface area contributed by atoms with E-state index in [4.69, 9.17) is 5.73 Å². The number of hydrogen-bond donors (Lipinski definition) is 1. The number of hydrogen-bond acceptors (Lipinski definition) is 3. The predicted molar refractivity (Wildman–Crippen MR) is 56.3 cm³/mol. The van der Waals surface area contributed by atoms with Crippen LogP contribution < -0.4 is 5.73 Å². The summed E-state index contributed by atoms with van der Waals surface area (Å²) in [6.45, 7) is 3.24. The fraction of sp³-hybridized carbons (Fsp3) is 0.182. The third-order valence-corrected chi connectivity index (χ3v) is 1.85. The Labute approximate surface area is 95.7 Å². The van der Waals surface area contributed by atoms with Crippen LogP contribution in [0.25, 0.3) is 0 Å². The summed E-state index contributed by atoms with van der Waals surface area (Å²) in [5.41, 5.74) is 3.93. The van der Waals surface area contributed by atoms with E-state index in [0.29, 0.717) is 6.07 Å². The molecule has 0 bridgehead atoms. The van der Waals surface area contributed by atoms with Crippen molar-refractivity contribution in [3.8, 4) is 0 Å². The van der Waals surface area contributed by atoms with Gasteiger partial charge in [0, 0.05) is 5.69 Å². The number of alkyl halides is 3. The van der Waals surface area contributed by atoms with Crippen LogP contribution in [0, 0.1) is 0 Å². The lowest BCUT2D eigenvalue weighted by Crippen LogP contribution is -2.11. The van der Waals surface area contributed by atoms with Crippen LogP contribution >= 0.6 is 0 Å². The highest BCUT2D eigenvalue weighted by Crippen LogP contribution is 2.31. The van der Waals surface area contributed by atoms with Crippen molar-refractivity contribution in [3.63, 3.8) is 0 Å². The lowest BCUT2D eigenvalue weighted by atomic mass is 10.1. The van der Waals surface area contributed by atoms with E-state index < -0.39 is 17.7 Å². The molecule has 0 aliphatic rings. The molecule has 6 heteroatoms. The van der Waals surface area contributed by atoms with Crippen molar-refractivity contribution in [1.82, 2.24) is 0 Å². The van der Waals surface area contributed by atoms with Gasteiger partial charge in [-0.1, -0.05) is 12.7 Å². The van der Waals surface area contributed by atoms with Gasteiger partial charge in [-0.3, -0.25) is 0 Å². The average Bonchev–Trinajstić information content (AvgIpc) is 2.23. The molecule has 0 saturated heterocycles. The minimum atomic E-state index is -4.55. The largest absolute Gasteiger partial charge is 0.458 e. The first-order valence-corrected chi connectivity index (χ1v) is 4.60. The average molecular weight is 245 g/mol. The number of carbonyl (C=O) groups is 1. The van der Waals surface area contributed by atoms with Crippen molar-refractivity contribution >= 4 is 11.7 Å². The van der Waals surface area contributed by atoms with Gasteiger partial charge in [0.1, 0.15) is 6.61 Å². The van der Waals surface area contributed by atoms with E-state index in [0.717, 1.165) is 12.1 Å². The van der Waals surface area contributed by atoms with E-state index >= 15 is 0 Å². The van der Waals surface area contributed by atoms with Crippen LogP contribution in [0.5, 0.6) is 0 Å². The van der Waals surface area contributed by atoms with Crippen LogP contribution in [-0.4, -0.2) is 12.6 Å². The number of anilines is 1. The molecule has 0 atom stereocenters. The Morgan fingerprint density at radius 2 is 2.06 bits per heavy atom. The molecule has 1 rings (SSSR count). The predicted octanol–water partition coefficient (Wildman–Crippen LogP) is 2.63. The molecule has 0 amide bonds. The van der Waals surface area contributed by atoms with Crippen molar-refractivity contribution in [2.75, 3.05) is 12.3 Å². The molecule has 0 fully saturated rings. The van der Waals surface area contributed by atoms with E-state index in [1.807, 2.05) is 0 Å². The highest BCUT2D eigenvalue weighted by molar-refractivity contribution is 5.90. The molecule has 0 heterocycles. The number of halogens is 3. The molecule has 0 aliphatic heterocycles. The van der Waals surface area contributed by atoms with E-state index in [1.165, 1.54) is 6.08 Å². The van der Waals surface area contributed by atoms with Crippen molar-refractivity contribution < 1.29 is 22.7 Å². The van der Waals surface area contributed by atoms with Crippen LogP contribution in [0.3, 0.4) is 0 Å². The van der Waals surface area contributed by atoms with Crippen LogP contribution in [-0.2, 0) is 10.9 Å². The Morgan fingerprint density at radius 1 is 1.41 bits per heavy atom. The minimum absolute atomic E-state index is 0.0744. The fourth-order valence-corrected chi connectivity index (χ4v) is 1.15. The molecule has 3 nitrogen and oxygen atoms in total. The minimum Gasteiger partial charge on any atom is -0.458 e. The summed E-state index contributed by atoms with van der Waals surface area (Å²) in [4.78, 5) is 11.3. The summed E-state index contributed by atoms with van der Waals surface area (Å²) in [5, 5.41) is 0. The van der Waals surface area contributed by atoms with E-state index in [-0.39, 0.29) is 17.9 Å². The van der Waals surface area contributed by atoms with Gasteiger partial charge in [-0.25, -0.2) is 4.79 Å². The topological polar surface area (TPSA) is 52.3 Å². The van der Waals surface area contributed by atoms with Crippen LogP contribution in [0.1, 0.15) is 15.9 Å². The molecule has 0 spiro atoms. The van der Waals surface area contributed by atoms with E-state index in [1.54, 1.807) is 0 Å². The van der Waals surface area contributed by atoms with Gasteiger partial charge >= 0.3 is 12.1 Å². The molecule has 17 heavy (non-hydrogen) atoms. The number of nitrogens with two attached hydrogens (primary N) is 1. The maximum absolute atomic E-state index is 12.4. The van der Waals surface area contributed by atoms with Gasteiger partial charge in [0.05, 0.1) is 11.1 Å². The number of carbonyl (C=O) groups excluding carboxylic acids is 1. The fourth-order valence-electron chi connectivity index (χ4n) is 1.15. The third kappa shape index (κ3) is 3.51. The van der Waals surface area contributed by atoms with Gasteiger partial charge in [0.2, 0.25) is 0 Å². The summed E-state index contributed by atoms with van der Waals surface area (Å²) >= 11 is 0. The Hall–Kier alpha value is -1.98. The highest BCUT2D eigenvalue weighted by Gasteiger charge is 2.31. The van der Waals surface area contributed by atoms with Gasteiger partial charge in [0.25, 0.3) is 0 Å². The molecular formula is C11H10F3NO2. The Balaban J connectivity index is 3.05. The molecule has 1 aromatic carbocycles. The first-order chi connectivity index (χ1) is 7.84. The molecule has 0 saturated carbocycles. The first-order valence-electron chi connectivity index (χ1n) is 4.60. The first kappa shape index (κ1) is 13.1. The van der Waals surface area contributed by atoms with Gasteiger partial charge in [0.15, 0.2) is 0 Å². The highest BCUT2D eigenvalue weighted by atomic mass is 19.4. The lowest BCUT2D eigenvalue weighted by Gasteiger charge is -2.09. The quantitative estimate of drug-likeness (QED) is 0.506.